The molecule has 2 aromatic rings. The molecule has 0 radical (unpaired) electrons. The van der Waals surface area contributed by atoms with Crippen LogP contribution in [0.15, 0.2) is 22.9 Å². The van der Waals surface area contributed by atoms with Gasteiger partial charge in [0.05, 0.1) is 12.3 Å². The van der Waals surface area contributed by atoms with E-state index in [1.165, 1.54) is 6.33 Å². The molecule has 0 aromatic carbocycles. The lowest BCUT2D eigenvalue weighted by atomic mass is 10.1. The van der Waals surface area contributed by atoms with Gasteiger partial charge in [-0.25, -0.2) is 9.97 Å². The van der Waals surface area contributed by atoms with Gasteiger partial charge in [-0.2, -0.15) is 0 Å². The lowest BCUT2D eigenvalue weighted by Crippen LogP contribution is -2.33. The summed E-state index contributed by atoms with van der Waals surface area (Å²) < 4.78 is 11.0. The molecule has 3 rings (SSSR count). The average Bonchev–Trinajstić information content (AvgIpc) is 2.83. The van der Waals surface area contributed by atoms with Crippen LogP contribution in [0, 0.1) is 6.92 Å². The number of rotatable bonds is 3. The van der Waals surface area contributed by atoms with Crippen LogP contribution in [0.25, 0.3) is 0 Å². The molecule has 0 atom stereocenters. The van der Waals surface area contributed by atoms with Crippen molar-refractivity contribution in [1.29, 1.82) is 0 Å². The Balaban J connectivity index is 1.78. The number of fused-ring (bicyclic) bond motifs is 1. The van der Waals surface area contributed by atoms with Gasteiger partial charge in [-0.1, -0.05) is 0 Å². The van der Waals surface area contributed by atoms with Crippen molar-refractivity contribution < 1.29 is 13.9 Å². The van der Waals surface area contributed by atoms with E-state index in [0.29, 0.717) is 44.2 Å². The molecule has 6 nitrogen and oxygen atoms in total. The van der Waals surface area contributed by atoms with E-state index in [9.17, 15) is 4.79 Å². The summed E-state index contributed by atoms with van der Waals surface area (Å²) in [7, 11) is 0. The van der Waals surface area contributed by atoms with Gasteiger partial charge in [0.15, 0.2) is 5.76 Å². The minimum atomic E-state index is -0.0770. The predicted octanol–water partition coefficient (Wildman–Crippen LogP) is 2.02. The molecule has 2 aromatic heterocycles. The van der Waals surface area contributed by atoms with E-state index in [0.717, 1.165) is 17.0 Å². The van der Waals surface area contributed by atoms with Crippen LogP contribution < -0.4 is 4.74 Å². The smallest absolute Gasteiger partial charge is 0.289 e. The average molecular weight is 301 g/mol. The van der Waals surface area contributed by atoms with Gasteiger partial charge in [-0.15, -0.1) is 0 Å². The Bertz CT molecular complexity index is 681. The number of carbonyl (C=O) groups is 1. The molecule has 116 valence electrons. The molecule has 1 aliphatic rings. The largest absolute Gasteiger partial charge is 0.478 e. The summed E-state index contributed by atoms with van der Waals surface area (Å²) in [4.78, 5) is 22.8. The van der Waals surface area contributed by atoms with E-state index in [2.05, 4.69) is 9.97 Å². The first kappa shape index (κ1) is 14.6. The molecule has 0 aliphatic carbocycles. The van der Waals surface area contributed by atoms with Crippen molar-refractivity contribution in [2.45, 2.75) is 26.7 Å². The number of furan rings is 1. The number of hydrogen-bond acceptors (Lipinski definition) is 5. The van der Waals surface area contributed by atoms with E-state index >= 15 is 0 Å². The SMILES string of the molecule is CCOc1ncnc2c1CCN(C(=O)c1ccc(C)o1)CC2. The highest BCUT2D eigenvalue weighted by Crippen LogP contribution is 2.23. The lowest BCUT2D eigenvalue weighted by Gasteiger charge is -2.18. The fourth-order valence-electron chi connectivity index (χ4n) is 2.67. The predicted molar refractivity (Wildman–Crippen MR) is 80.0 cm³/mol. The van der Waals surface area contributed by atoms with Crippen molar-refractivity contribution in [3.8, 4) is 5.88 Å². The van der Waals surface area contributed by atoms with Crippen LogP contribution >= 0.6 is 0 Å². The van der Waals surface area contributed by atoms with Gasteiger partial charge in [0.1, 0.15) is 12.1 Å². The van der Waals surface area contributed by atoms with E-state index < -0.39 is 0 Å². The second kappa shape index (κ2) is 6.17. The molecule has 1 amide bonds. The summed E-state index contributed by atoms with van der Waals surface area (Å²) >= 11 is 0. The summed E-state index contributed by atoms with van der Waals surface area (Å²) in [6, 6.07) is 3.53. The first-order valence-corrected chi connectivity index (χ1v) is 7.50. The van der Waals surface area contributed by atoms with Gasteiger partial charge in [-0.05, 0) is 32.4 Å². The maximum absolute atomic E-state index is 12.5. The molecular weight excluding hydrogens is 282 g/mol. The zero-order valence-corrected chi connectivity index (χ0v) is 12.8. The Morgan fingerprint density at radius 3 is 2.86 bits per heavy atom. The molecule has 22 heavy (non-hydrogen) atoms. The number of aromatic nitrogens is 2. The van der Waals surface area contributed by atoms with Gasteiger partial charge in [0.2, 0.25) is 5.88 Å². The first-order chi connectivity index (χ1) is 10.7. The minimum absolute atomic E-state index is 0.0770. The van der Waals surface area contributed by atoms with Crippen molar-refractivity contribution in [2.24, 2.45) is 0 Å². The second-order valence-corrected chi connectivity index (χ2v) is 5.24. The van der Waals surface area contributed by atoms with Crippen LogP contribution in [0.4, 0.5) is 0 Å². The van der Waals surface area contributed by atoms with Crippen molar-refractivity contribution in [1.82, 2.24) is 14.9 Å². The molecule has 6 heteroatoms. The summed E-state index contributed by atoms with van der Waals surface area (Å²) in [5.74, 6) is 1.69. The Morgan fingerprint density at radius 1 is 1.32 bits per heavy atom. The molecule has 0 saturated carbocycles. The molecule has 0 N–H and O–H groups in total. The molecule has 1 aliphatic heterocycles. The second-order valence-electron chi connectivity index (χ2n) is 5.24. The van der Waals surface area contributed by atoms with Crippen LogP contribution in [-0.4, -0.2) is 40.5 Å². The normalized spacial score (nSPS) is 14.4. The highest BCUT2D eigenvalue weighted by Gasteiger charge is 2.24. The van der Waals surface area contributed by atoms with Gasteiger partial charge in [-0.3, -0.25) is 4.79 Å². The van der Waals surface area contributed by atoms with Crippen molar-refractivity contribution in [3.05, 3.63) is 41.2 Å². The highest BCUT2D eigenvalue weighted by atomic mass is 16.5. The Morgan fingerprint density at radius 2 is 2.14 bits per heavy atom. The zero-order valence-electron chi connectivity index (χ0n) is 12.8. The third-order valence-corrected chi connectivity index (χ3v) is 3.76. The maximum atomic E-state index is 12.5. The summed E-state index contributed by atoms with van der Waals surface area (Å²) in [6.07, 6.45) is 2.91. The summed E-state index contributed by atoms with van der Waals surface area (Å²) in [5, 5.41) is 0. The van der Waals surface area contributed by atoms with Gasteiger partial charge < -0.3 is 14.1 Å². The topological polar surface area (TPSA) is 68.5 Å². The zero-order chi connectivity index (χ0) is 15.5. The highest BCUT2D eigenvalue weighted by molar-refractivity contribution is 5.91. The number of nitrogens with zero attached hydrogens (tertiary/aromatic N) is 3. The van der Waals surface area contributed by atoms with E-state index in [4.69, 9.17) is 9.15 Å². The Labute approximate surface area is 129 Å². The van der Waals surface area contributed by atoms with Crippen LogP contribution in [0.3, 0.4) is 0 Å². The third-order valence-electron chi connectivity index (χ3n) is 3.76. The maximum Gasteiger partial charge on any atom is 0.289 e. The van der Waals surface area contributed by atoms with Crippen molar-refractivity contribution in [2.75, 3.05) is 19.7 Å². The Hall–Kier alpha value is -2.37. The number of ether oxygens (including phenoxy) is 1. The van der Waals surface area contributed by atoms with Crippen LogP contribution in [0.1, 0.15) is 34.5 Å². The number of hydrogen-bond donors (Lipinski definition) is 0. The fraction of sp³-hybridized carbons (Fsp3) is 0.438. The van der Waals surface area contributed by atoms with Crippen molar-refractivity contribution >= 4 is 5.91 Å². The molecule has 0 unspecified atom stereocenters. The van der Waals surface area contributed by atoms with E-state index in [-0.39, 0.29) is 5.91 Å². The fourth-order valence-corrected chi connectivity index (χ4v) is 2.67. The Kier molecular flexibility index (Phi) is 4.09. The molecule has 0 spiro atoms. The minimum Gasteiger partial charge on any atom is -0.478 e. The quantitative estimate of drug-likeness (QED) is 0.867. The van der Waals surface area contributed by atoms with E-state index in [1.54, 1.807) is 17.0 Å². The standard InChI is InChI=1S/C16H19N3O3/c1-3-21-15-12-6-8-19(9-7-13(12)17-10-18-15)16(20)14-5-4-11(2)22-14/h4-5,10H,3,6-9H2,1-2H3. The first-order valence-electron chi connectivity index (χ1n) is 7.50. The lowest BCUT2D eigenvalue weighted by molar-refractivity contribution is 0.0729. The van der Waals surface area contributed by atoms with Crippen molar-refractivity contribution in [3.63, 3.8) is 0 Å². The van der Waals surface area contributed by atoms with Crippen LogP contribution in [-0.2, 0) is 12.8 Å². The van der Waals surface area contributed by atoms with Crippen LogP contribution in [0.5, 0.6) is 5.88 Å². The number of amides is 1. The molecule has 3 heterocycles. The monoisotopic (exact) mass is 301 g/mol. The third kappa shape index (κ3) is 2.81. The van der Waals surface area contributed by atoms with Gasteiger partial charge in [0.25, 0.3) is 5.91 Å². The number of aryl methyl sites for hydroxylation is 1. The summed E-state index contributed by atoms with van der Waals surface area (Å²) in [6.45, 7) is 5.56. The van der Waals surface area contributed by atoms with Gasteiger partial charge >= 0.3 is 0 Å². The van der Waals surface area contributed by atoms with E-state index in [1.807, 2.05) is 13.8 Å². The van der Waals surface area contributed by atoms with Crippen LogP contribution in [0.2, 0.25) is 0 Å². The molecular formula is C16H19N3O3. The molecule has 0 saturated heterocycles. The number of carbonyl (C=O) groups excluding carboxylic acids is 1. The molecule has 0 bridgehead atoms. The summed E-state index contributed by atoms with van der Waals surface area (Å²) in [5.41, 5.74) is 1.97. The molecule has 0 fully saturated rings. The van der Waals surface area contributed by atoms with Gasteiger partial charge in [0, 0.05) is 25.1 Å².